The zero-order valence-electron chi connectivity index (χ0n) is 17.9. The molecule has 0 aromatic heterocycles. The van der Waals surface area contributed by atoms with Crippen molar-refractivity contribution in [2.45, 2.75) is 33.1 Å². The smallest absolute Gasteiger partial charge is 0.227 e. The molecule has 2 fully saturated rings. The van der Waals surface area contributed by atoms with Gasteiger partial charge in [0, 0.05) is 38.4 Å². The molecule has 2 aromatic carbocycles. The Kier molecular flexibility index (Phi) is 5.91. The third-order valence-corrected chi connectivity index (χ3v) is 6.68. The highest BCUT2D eigenvalue weighted by molar-refractivity contribution is 5.81. The minimum atomic E-state index is 0.0390. The average Bonchev–Trinajstić information content (AvgIpc) is 2.75. The lowest BCUT2D eigenvalue weighted by molar-refractivity contribution is -0.137. The molecule has 0 bridgehead atoms. The predicted octanol–water partition coefficient (Wildman–Crippen LogP) is 3.65. The van der Waals surface area contributed by atoms with Crippen LogP contribution in [0.1, 0.15) is 34.6 Å². The fourth-order valence-corrected chi connectivity index (χ4v) is 4.96. The van der Waals surface area contributed by atoms with Crippen LogP contribution in [0.4, 0.5) is 5.69 Å². The van der Waals surface area contributed by atoms with Gasteiger partial charge < -0.3 is 15.1 Å². The Morgan fingerprint density at radius 2 is 1.72 bits per heavy atom. The van der Waals surface area contributed by atoms with E-state index in [1.165, 1.54) is 27.9 Å². The summed E-state index contributed by atoms with van der Waals surface area (Å²) < 4.78 is 0. The second-order valence-electron chi connectivity index (χ2n) is 8.66. The van der Waals surface area contributed by atoms with E-state index >= 15 is 0 Å². The number of nitrogens with zero attached hydrogens (tertiary/aromatic N) is 2. The van der Waals surface area contributed by atoms with E-state index in [1.807, 2.05) is 0 Å². The summed E-state index contributed by atoms with van der Waals surface area (Å²) in [4.78, 5) is 18.0. The second-order valence-corrected chi connectivity index (χ2v) is 8.66. The normalized spacial score (nSPS) is 22.6. The number of amides is 1. The molecule has 4 nitrogen and oxygen atoms in total. The fourth-order valence-electron chi connectivity index (χ4n) is 4.96. The molecule has 0 aliphatic carbocycles. The highest BCUT2D eigenvalue weighted by Crippen LogP contribution is 2.34. The first-order valence-corrected chi connectivity index (χ1v) is 10.9. The number of carbonyl (C=O) groups excluding carboxylic acids is 1. The van der Waals surface area contributed by atoms with Crippen LogP contribution in [-0.4, -0.2) is 50.1 Å². The van der Waals surface area contributed by atoms with E-state index in [9.17, 15) is 4.79 Å². The number of hydrogen-bond acceptors (Lipinski definition) is 3. The van der Waals surface area contributed by atoms with E-state index in [-0.39, 0.29) is 5.92 Å². The third kappa shape index (κ3) is 4.18. The van der Waals surface area contributed by atoms with Gasteiger partial charge in [0.1, 0.15) is 0 Å². The van der Waals surface area contributed by atoms with Crippen molar-refractivity contribution in [1.82, 2.24) is 10.2 Å². The van der Waals surface area contributed by atoms with Crippen LogP contribution in [0.25, 0.3) is 0 Å². The molecule has 4 rings (SSSR count). The van der Waals surface area contributed by atoms with E-state index in [0.717, 1.165) is 45.7 Å². The van der Waals surface area contributed by atoms with E-state index in [4.69, 9.17) is 0 Å². The van der Waals surface area contributed by atoms with Gasteiger partial charge in [-0.25, -0.2) is 0 Å². The largest absolute Gasteiger partial charge is 0.368 e. The molecule has 2 aromatic rings. The lowest BCUT2D eigenvalue weighted by Crippen LogP contribution is -2.53. The fraction of sp³-hybridized carbons (Fsp3) is 0.480. The second kappa shape index (κ2) is 8.58. The van der Waals surface area contributed by atoms with Gasteiger partial charge in [-0.3, -0.25) is 4.79 Å². The summed E-state index contributed by atoms with van der Waals surface area (Å²) >= 11 is 0. The summed E-state index contributed by atoms with van der Waals surface area (Å²) in [6, 6.07) is 15.2. The quantitative estimate of drug-likeness (QED) is 0.867. The molecular formula is C25H33N3O. The van der Waals surface area contributed by atoms with Gasteiger partial charge >= 0.3 is 0 Å². The van der Waals surface area contributed by atoms with E-state index in [2.05, 4.69) is 78.4 Å². The van der Waals surface area contributed by atoms with Crippen molar-refractivity contribution >= 4 is 11.6 Å². The molecule has 4 heteroatoms. The van der Waals surface area contributed by atoms with Gasteiger partial charge in [-0.1, -0.05) is 36.4 Å². The summed E-state index contributed by atoms with van der Waals surface area (Å²) in [6.45, 7) is 11.7. The molecule has 2 atom stereocenters. The van der Waals surface area contributed by atoms with Crippen LogP contribution in [0, 0.1) is 26.7 Å². The summed E-state index contributed by atoms with van der Waals surface area (Å²) in [7, 11) is 0. The van der Waals surface area contributed by atoms with Gasteiger partial charge in [0.2, 0.25) is 5.91 Å². The van der Waals surface area contributed by atoms with Gasteiger partial charge in [0.25, 0.3) is 0 Å². The number of piperazine rings is 1. The Morgan fingerprint density at radius 1 is 0.966 bits per heavy atom. The van der Waals surface area contributed by atoms with Gasteiger partial charge in [-0.15, -0.1) is 0 Å². The number of piperidine rings is 1. The summed E-state index contributed by atoms with van der Waals surface area (Å²) in [5, 5.41) is 3.46. The number of aryl methyl sites for hydroxylation is 3. The number of nitrogens with one attached hydrogen (secondary N) is 1. The van der Waals surface area contributed by atoms with Crippen molar-refractivity contribution < 1.29 is 4.79 Å². The maximum atomic E-state index is 13.5. The van der Waals surface area contributed by atoms with Crippen LogP contribution < -0.4 is 10.2 Å². The maximum Gasteiger partial charge on any atom is 0.227 e. The molecule has 1 N–H and O–H groups in total. The Hall–Kier alpha value is -2.33. The molecule has 0 saturated carbocycles. The van der Waals surface area contributed by atoms with Gasteiger partial charge in [-0.2, -0.15) is 0 Å². The highest BCUT2D eigenvalue weighted by Gasteiger charge is 2.36. The average molecular weight is 392 g/mol. The molecule has 0 spiro atoms. The monoisotopic (exact) mass is 391 g/mol. The Balaban J connectivity index is 1.46. The van der Waals surface area contributed by atoms with Crippen molar-refractivity contribution in [3.05, 3.63) is 64.7 Å². The Morgan fingerprint density at radius 3 is 2.48 bits per heavy atom. The number of benzene rings is 2. The van der Waals surface area contributed by atoms with E-state index in [0.29, 0.717) is 11.8 Å². The van der Waals surface area contributed by atoms with Crippen LogP contribution in [0.2, 0.25) is 0 Å². The molecular weight excluding hydrogens is 358 g/mol. The lowest BCUT2D eigenvalue weighted by atomic mass is 9.78. The van der Waals surface area contributed by atoms with Gasteiger partial charge in [-0.05, 0) is 68.0 Å². The lowest BCUT2D eigenvalue weighted by Gasteiger charge is -2.41. The van der Waals surface area contributed by atoms with Crippen LogP contribution in [0.5, 0.6) is 0 Å². The molecule has 0 unspecified atom stereocenters. The van der Waals surface area contributed by atoms with Crippen LogP contribution in [-0.2, 0) is 4.79 Å². The maximum absolute atomic E-state index is 13.5. The standard InChI is InChI=1S/C25H33N3O/c1-18-8-9-20(3)24(16-18)27-12-14-28(15-13-27)25(29)23-17-26-11-10-22(23)21-7-5-4-6-19(21)2/h4-9,16,22-23,26H,10-15,17H2,1-3H3/t22-,23+/m0/s1. The third-order valence-electron chi connectivity index (χ3n) is 6.68. The van der Waals surface area contributed by atoms with Crippen molar-refractivity contribution in [2.24, 2.45) is 5.92 Å². The summed E-state index contributed by atoms with van der Waals surface area (Å²) in [5.41, 5.74) is 6.57. The molecule has 2 aliphatic heterocycles. The van der Waals surface area contributed by atoms with Crippen LogP contribution in [0.15, 0.2) is 42.5 Å². The SMILES string of the molecule is Cc1ccc(C)c(N2CCN(C(=O)[C@@H]3CNCC[C@H]3c3ccccc3C)CC2)c1. The summed E-state index contributed by atoms with van der Waals surface area (Å²) in [5.74, 6) is 0.685. The van der Waals surface area contributed by atoms with E-state index < -0.39 is 0 Å². The van der Waals surface area contributed by atoms with Gasteiger partial charge in [0.15, 0.2) is 0 Å². The van der Waals surface area contributed by atoms with Crippen molar-refractivity contribution in [1.29, 1.82) is 0 Å². The first-order chi connectivity index (χ1) is 14.0. The van der Waals surface area contributed by atoms with Gasteiger partial charge in [0.05, 0.1) is 5.92 Å². The Bertz CT molecular complexity index is 870. The van der Waals surface area contributed by atoms with Crippen molar-refractivity contribution in [2.75, 3.05) is 44.2 Å². The Labute approximate surface area is 174 Å². The topological polar surface area (TPSA) is 35.6 Å². The summed E-state index contributed by atoms with van der Waals surface area (Å²) in [6.07, 6.45) is 1.03. The minimum absolute atomic E-state index is 0.0390. The number of carbonyl (C=O) groups is 1. The molecule has 0 radical (unpaired) electrons. The van der Waals surface area contributed by atoms with Crippen LogP contribution >= 0.6 is 0 Å². The molecule has 2 saturated heterocycles. The number of anilines is 1. The molecule has 2 heterocycles. The highest BCUT2D eigenvalue weighted by atomic mass is 16.2. The zero-order chi connectivity index (χ0) is 20.4. The van der Waals surface area contributed by atoms with E-state index in [1.54, 1.807) is 0 Å². The minimum Gasteiger partial charge on any atom is -0.368 e. The molecule has 2 aliphatic rings. The molecule has 29 heavy (non-hydrogen) atoms. The number of hydrogen-bond donors (Lipinski definition) is 1. The number of rotatable bonds is 3. The first kappa shape index (κ1) is 20.0. The van der Waals surface area contributed by atoms with Crippen molar-refractivity contribution in [3.8, 4) is 0 Å². The predicted molar refractivity (Wildman–Crippen MR) is 120 cm³/mol. The zero-order valence-corrected chi connectivity index (χ0v) is 17.9. The van der Waals surface area contributed by atoms with Crippen LogP contribution in [0.3, 0.4) is 0 Å². The first-order valence-electron chi connectivity index (χ1n) is 10.9. The molecule has 154 valence electrons. The molecule has 1 amide bonds. The van der Waals surface area contributed by atoms with Crippen molar-refractivity contribution in [3.63, 3.8) is 0 Å².